The molecule has 1 fully saturated rings. The highest BCUT2D eigenvalue weighted by Crippen LogP contribution is 2.29. The van der Waals surface area contributed by atoms with Gasteiger partial charge in [-0.2, -0.15) is 0 Å². The van der Waals surface area contributed by atoms with Crippen molar-refractivity contribution in [1.29, 1.82) is 0 Å². The lowest BCUT2D eigenvalue weighted by Gasteiger charge is -2.00. The molecule has 0 saturated carbocycles. The van der Waals surface area contributed by atoms with Gasteiger partial charge in [0.2, 0.25) is 0 Å². The van der Waals surface area contributed by atoms with Gasteiger partial charge in [-0.1, -0.05) is 11.6 Å². The summed E-state index contributed by atoms with van der Waals surface area (Å²) < 4.78 is 0. The molecule has 2 nitrogen and oxygen atoms in total. The number of hydrogen-bond acceptors (Lipinski definition) is 2. The average Bonchev–Trinajstić information content (AvgIpc) is 2.56. The summed E-state index contributed by atoms with van der Waals surface area (Å²) in [7, 11) is 0. The second-order valence-electron chi connectivity index (χ2n) is 4.19. The molecular weight excluding hydrogens is 150 g/mol. The number of nitrogens with one attached hydrogen (secondary N) is 1. The van der Waals surface area contributed by atoms with Crippen LogP contribution in [0.2, 0.25) is 0 Å². The van der Waals surface area contributed by atoms with Gasteiger partial charge in [-0.25, -0.2) is 0 Å². The predicted molar refractivity (Wildman–Crippen MR) is 51.1 cm³/mol. The van der Waals surface area contributed by atoms with Crippen LogP contribution in [0.15, 0.2) is 11.6 Å². The highest BCUT2D eigenvalue weighted by molar-refractivity contribution is 5.10. The van der Waals surface area contributed by atoms with Gasteiger partial charge in [0.1, 0.15) is 0 Å². The van der Waals surface area contributed by atoms with Crippen molar-refractivity contribution >= 4 is 0 Å². The Morgan fingerprint density at radius 2 is 2.17 bits per heavy atom. The molecule has 0 unspecified atom stereocenters. The quantitative estimate of drug-likeness (QED) is 0.494. The molecule has 0 aromatic heterocycles. The summed E-state index contributed by atoms with van der Waals surface area (Å²) in [5.41, 5.74) is 1.65. The maximum Gasteiger partial charge on any atom is 0.0614 e. The van der Waals surface area contributed by atoms with Crippen molar-refractivity contribution in [1.82, 2.24) is 5.32 Å². The number of hydrogen-bond donors (Lipinski definition) is 2. The third-order valence-electron chi connectivity index (χ3n) is 2.60. The smallest absolute Gasteiger partial charge is 0.0614 e. The Balaban J connectivity index is 2.15. The van der Waals surface area contributed by atoms with Crippen molar-refractivity contribution in [2.45, 2.75) is 45.2 Å². The van der Waals surface area contributed by atoms with Crippen molar-refractivity contribution in [3.05, 3.63) is 11.6 Å². The fraction of sp³-hybridized carbons (Fsp3) is 0.800. The summed E-state index contributed by atoms with van der Waals surface area (Å²) in [6.45, 7) is 6.70. The zero-order valence-corrected chi connectivity index (χ0v) is 8.22. The Morgan fingerprint density at radius 3 is 2.58 bits per heavy atom. The van der Waals surface area contributed by atoms with Crippen LogP contribution in [0.1, 0.15) is 33.6 Å². The van der Waals surface area contributed by atoms with E-state index in [2.05, 4.69) is 26.1 Å². The first-order valence-corrected chi connectivity index (χ1v) is 4.60. The van der Waals surface area contributed by atoms with Gasteiger partial charge in [-0.3, -0.25) is 0 Å². The van der Waals surface area contributed by atoms with Crippen LogP contribution in [0.25, 0.3) is 0 Å². The molecule has 1 saturated heterocycles. The van der Waals surface area contributed by atoms with Crippen molar-refractivity contribution in [3.8, 4) is 0 Å². The third-order valence-corrected chi connectivity index (χ3v) is 2.60. The SMILES string of the molecule is C/C(=C\CO)CC[C@H]1NC1(C)C. The minimum absolute atomic E-state index is 0.174. The zero-order chi connectivity index (χ0) is 9.19. The van der Waals surface area contributed by atoms with E-state index in [1.807, 2.05) is 6.08 Å². The molecule has 0 bridgehead atoms. The second kappa shape index (κ2) is 3.58. The van der Waals surface area contributed by atoms with E-state index < -0.39 is 0 Å². The van der Waals surface area contributed by atoms with Crippen molar-refractivity contribution in [3.63, 3.8) is 0 Å². The highest BCUT2D eigenvalue weighted by atomic mass is 16.2. The first-order chi connectivity index (χ1) is 5.56. The van der Waals surface area contributed by atoms with E-state index in [1.165, 1.54) is 12.0 Å². The van der Waals surface area contributed by atoms with Gasteiger partial charge in [0.05, 0.1) is 6.61 Å². The van der Waals surface area contributed by atoms with Gasteiger partial charge >= 0.3 is 0 Å². The van der Waals surface area contributed by atoms with Gasteiger partial charge in [0.15, 0.2) is 0 Å². The third kappa shape index (κ3) is 2.61. The Labute approximate surface area is 74.7 Å². The predicted octanol–water partition coefficient (Wildman–Crippen LogP) is 1.46. The lowest BCUT2D eigenvalue weighted by molar-refractivity contribution is 0.341. The Morgan fingerprint density at radius 1 is 1.58 bits per heavy atom. The zero-order valence-electron chi connectivity index (χ0n) is 8.22. The van der Waals surface area contributed by atoms with Crippen LogP contribution < -0.4 is 5.32 Å². The van der Waals surface area contributed by atoms with E-state index >= 15 is 0 Å². The minimum Gasteiger partial charge on any atom is -0.392 e. The maximum absolute atomic E-state index is 8.63. The van der Waals surface area contributed by atoms with E-state index in [4.69, 9.17) is 5.11 Å². The number of rotatable bonds is 4. The molecular formula is C10H19NO. The van der Waals surface area contributed by atoms with Crippen molar-refractivity contribution in [2.75, 3.05) is 6.61 Å². The summed E-state index contributed by atoms with van der Waals surface area (Å²) in [6, 6.07) is 0.680. The van der Waals surface area contributed by atoms with Crippen LogP contribution in [0.5, 0.6) is 0 Å². The summed E-state index contributed by atoms with van der Waals surface area (Å²) >= 11 is 0. The summed E-state index contributed by atoms with van der Waals surface area (Å²) in [6.07, 6.45) is 4.17. The van der Waals surface area contributed by atoms with E-state index in [0.717, 1.165) is 6.42 Å². The fourth-order valence-electron chi connectivity index (χ4n) is 1.47. The molecule has 12 heavy (non-hydrogen) atoms. The van der Waals surface area contributed by atoms with Crippen LogP contribution >= 0.6 is 0 Å². The van der Waals surface area contributed by atoms with Crippen molar-refractivity contribution in [2.24, 2.45) is 0 Å². The van der Waals surface area contributed by atoms with Gasteiger partial charge in [-0.15, -0.1) is 0 Å². The topological polar surface area (TPSA) is 42.2 Å². The van der Waals surface area contributed by atoms with E-state index in [9.17, 15) is 0 Å². The molecule has 2 N–H and O–H groups in total. The van der Waals surface area contributed by atoms with Crippen molar-refractivity contribution < 1.29 is 5.11 Å². The molecule has 0 spiro atoms. The minimum atomic E-state index is 0.174. The van der Waals surface area contributed by atoms with Gasteiger partial charge in [0, 0.05) is 11.6 Å². The van der Waals surface area contributed by atoms with Gasteiger partial charge < -0.3 is 10.4 Å². The molecule has 70 valence electrons. The largest absolute Gasteiger partial charge is 0.392 e. The lowest BCUT2D eigenvalue weighted by atomic mass is 10.0. The summed E-state index contributed by atoms with van der Waals surface area (Å²) in [5.74, 6) is 0. The lowest BCUT2D eigenvalue weighted by Crippen LogP contribution is -2.03. The Hall–Kier alpha value is -0.340. The van der Waals surface area contributed by atoms with Gasteiger partial charge in [0.25, 0.3) is 0 Å². The molecule has 0 aliphatic carbocycles. The normalized spacial score (nSPS) is 27.3. The highest BCUT2D eigenvalue weighted by Gasteiger charge is 2.43. The van der Waals surface area contributed by atoms with E-state index in [0.29, 0.717) is 11.6 Å². The molecule has 1 aliphatic heterocycles. The first-order valence-electron chi connectivity index (χ1n) is 4.60. The standard InChI is InChI=1S/C10H19NO/c1-8(6-7-12)4-5-9-10(2,3)11-9/h6,9,11-12H,4-5,7H2,1-3H3/b8-6+/t9-/m1/s1. The Kier molecular flexibility index (Phi) is 2.91. The van der Waals surface area contributed by atoms with Crippen LogP contribution in [0.4, 0.5) is 0 Å². The van der Waals surface area contributed by atoms with Crippen LogP contribution in [0.3, 0.4) is 0 Å². The second-order valence-corrected chi connectivity index (χ2v) is 4.19. The van der Waals surface area contributed by atoms with E-state index in [-0.39, 0.29) is 6.61 Å². The molecule has 1 rings (SSSR count). The van der Waals surface area contributed by atoms with Gasteiger partial charge in [-0.05, 0) is 33.6 Å². The molecule has 2 heteroatoms. The van der Waals surface area contributed by atoms with E-state index in [1.54, 1.807) is 0 Å². The molecule has 0 aromatic carbocycles. The van der Waals surface area contributed by atoms with Crippen LogP contribution in [0, 0.1) is 0 Å². The summed E-state index contributed by atoms with van der Waals surface area (Å²) in [4.78, 5) is 0. The Bertz CT molecular complexity index is 184. The molecule has 0 radical (unpaired) electrons. The average molecular weight is 169 g/mol. The summed E-state index contributed by atoms with van der Waals surface area (Å²) in [5, 5.41) is 12.0. The maximum atomic E-state index is 8.63. The molecule has 0 amide bonds. The fourth-order valence-corrected chi connectivity index (χ4v) is 1.47. The van der Waals surface area contributed by atoms with Crippen LogP contribution in [-0.4, -0.2) is 23.3 Å². The first kappa shape index (κ1) is 9.75. The molecule has 0 aromatic rings. The number of aliphatic hydroxyl groups excluding tert-OH is 1. The molecule has 1 heterocycles. The monoisotopic (exact) mass is 169 g/mol. The molecule has 1 atom stereocenters. The van der Waals surface area contributed by atoms with Crippen LogP contribution in [-0.2, 0) is 0 Å². The number of aliphatic hydroxyl groups is 1. The number of allylic oxidation sites excluding steroid dienone is 1. The molecule has 1 aliphatic rings.